The van der Waals surface area contributed by atoms with Crippen LogP contribution in [0.1, 0.15) is 31.2 Å². The Bertz CT molecular complexity index is 1060. The molecule has 0 radical (unpaired) electrons. The number of benzene rings is 3. The summed E-state index contributed by atoms with van der Waals surface area (Å²) in [4.78, 5) is 34.9. The number of hydrogen-bond donors (Lipinski definition) is 0. The fourth-order valence-corrected chi connectivity index (χ4v) is 3.61. The van der Waals surface area contributed by atoms with Crippen LogP contribution in [0.4, 0.5) is 4.39 Å². The fraction of sp³-hybridized carbons (Fsp3) is 0.217. The van der Waals surface area contributed by atoms with Crippen LogP contribution in [0.5, 0.6) is 5.75 Å². The van der Waals surface area contributed by atoms with Crippen molar-refractivity contribution in [1.29, 1.82) is 0 Å². The smallest absolute Gasteiger partial charge is 0.399 e. The van der Waals surface area contributed by atoms with Crippen molar-refractivity contribution in [1.82, 2.24) is 0 Å². The number of ether oxygens (including phenoxy) is 1. The van der Waals surface area contributed by atoms with Gasteiger partial charge in [0.15, 0.2) is 5.75 Å². The largest absolute Gasteiger partial charge is 0.446 e. The quantitative estimate of drug-likeness (QED) is 0.357. The van der Waals surface area contributed by atoms with Gasteiger partial charge in [0, 0.05) is 18.8 Å². The van der Waals surface area contributed by atoms with Gasteiger partial charge in [0.2, 0.25) is 5.60 Å². The lowest BCUT2D eigenvalue weighted by molar-refractivity contribution is -0.235. The van der Waals surface area contributed by atoms with Gasteiger partial charge in [0.25, 0.3) is 0 Å². The van der Waals surface area contributed by atoms with E-state index < -0.39 is 29.3 Å². The summed E-state index contributed by atoms with van der Waals surface area (Å²) in [6, 6.07) is 18.8. The molecule has 4 rings (SSSR count). The van der Waals surface area contributed by atoms with Gasteiger partial charge in [-0.3, -0.25) is 9.68 Å². The van der Waals surface area contributed by atoms with Crippen LogP contribution in [-0.4, -0.2) is 17.5 Å². The second-order valence-corrected chi connectivity index (χ2v) is 7.10. The molecule has 148 valence electrons. The van der Waals surface area contributed by atoms with Crippen LogP contribution >= 0.6 is 0 Å². The lowest BCUT2D eigenvalue weighted by Gasteiger charge is -2.31. The van der Waals surface area contributed by atoms with Crippen molar-refractivity contribution in [3.05, 3.63) is 78.1 Å². The summed E-state index contributed by atoms with van der Waals surface area (Å²) in [6.07, 6.45) is 0.301. The second kappa shape index (κ2) is 7.54. The molecule has 1 aliphatic rings. The maximum absolute atomic E-state index is 13.0. The first-order chi connectivity index (χ1) is 14.0. The number of halogens is 1. The van der Waals surface area contributed by atoms with Gasteiger partial charge < -0.3 is 4.74 Å². The summed E-state index contributed by atoms with van der Waals surface area (Å²) in [6.45, 7) is 1.82. The first-order valence-corrected chi connectivity index (χ1v) is 9.33. The highest BCUT2D eigenvalue weighted by atomic mass is 19.1. The molecule has 1 heterocycles. The van der Waals surface area contributed by atoms with Crippen LogP contribution in [0.25, 0.3) is 10.8 Å². The predicted octanol–water partition coefficient (Wildman–Crippen LogP) is 4.70. The van der Waals surface area contributed by atoms with Gasteiger partial charge in [-0.1, -0.05) is 49.4 Å². The topological polar surface area (TPSA) is 61.8 Å². The summed E-state index contributed by atoms with van der Waals surface area (Å²) in [7, 11) is 0. The number of esters is 1. The predicted molar refractivity (Wildman–Crippen MR) is 104 cm³/mol. The van der Waals surface area contributed by atoms with E-state index in [4.69, 9.17) is 14.5 Å². The first-order valence-electron chi connectivity index (χ1n) is 9.33. The molecule has 1 fully saturated rings. The molecule has 1 aliphatic heterocycles. The monoisotopic (exact) mass is 394 g/mol. The Morgan fingerprint density at radius 1 is 1.07 bits per heavy atom. The first kappa shape index (κ1) is 18.9. The molecule has 6 heteroatoms. The lowest BCUT2D eigenvalue weighted by atomic mass is 9.81. The van der Waals surface area contributed by atoms with E-state index in [1.54, 1.807) is 0 Å². The minimum absolute atomic E-state index is 0.115. The zero-order valence-corrected chi connectivity index (χ0v) is 15.8. The average molecular weight is 394 g/mol. The van der Waals surface area contributed by atoms with Crippen molar-refractivity contribution >= 4 is 22.7 Å². The molecule has 0 aliphatic carbocycles. The normalized spacial score (nSPS) is 19.6. The summed E-state index contributed by atoms with van der Waals surface area (Å²) in [5, 5.41) is 2.09. The van der Waals surface area contributed by atoms with E-state index in [1.165, 1.54) is 24.3 Å². The maximum atomic E-state index is 13.0. The average Bonchev–Trinajstić information content (AvgIpc) is 3.15. The zero-order valence-electron chi connectivity index (χ0n) is 15.8. The molecule has 0 saturated carbocycles. The van der Waals surface area contributed by atoms with Crippen LogP contribution in [0, 0.1) is 5.82 Å². The minimum Gasteiger partial charge on any atom is -0.446 e. The molecule has 0 spiro atoms. The molecule has 3 aromatic carbocycles. The molecule has 0 unspecified atom stereocenters. The van der Waals surface area contributed by atoms with Crippen LogP contribution in [0.15, 0.2) is 66.7 Å². The van der Waals surface area contributed by atoms with Crippen molar-refractivity contribution < 1.29 is 28.5 Å². The van der Waals surface area contributed by atoms with Gasteiger partial charge in [0.1, 0.15) is 5.82 Å². The SMILES string of the molecule is C[C@H](c1ccc2ccccc2c1)[C@@]1(C(=O)OOc2ccc(F)cc2)CCC(=O)O1. The Labute approximate surface area is 166 Å². The van der Waals surface area contributed by atoms with Gasteiger partial charge in [-0.15, -0.1) is 0 Å². The van der Waals surface area contributed by atoms with Crippen molar-refractivity contribution in [3.63, 3.8) is 0 Å². The highest BCUT2D eigenvalue weighted by Crippen LogP contribution is 2.41. The van der Waals surface area contributed by atoms with Crippen LogP contribution in [0.2, 0.25) is 0 Å². The van der Waals surface area contributed by atoms with E-state index in [0.717, 1.165) is 16.3 Å². The summed E-state index contributed by atoms with van der Waals surface area (Å²) < 4.78 is 18.5. The number of carbonyl (C=O) groups is 2. The third-order valence-electron chi connectivity index (χ3n) is 5.34. The van der Waals surface area contributed by atoms with E-state index in [1.807, 2.05) is 49.4 Å². The second-order valence-electron chi connectivity index (χ2n) is 7.10. The van der Waals surface area contributed by atoms with E-state index in [2.05, 4.69) is 0 Å². The molecule has 0 N–H and O–H groups in total. The highest BCUT2D eigenvalue weighted by Gasteiger charge is 2.54. The van der Waals surface area contributed by atoms with Crippen molar-refractivity contribution in [3.8, 4) is 5.75 Å². The molecule has 0 aromatic heterocycles. The van der Waals surface area contributed by atoms with E-state index in [9.17, 15) is 14.0 Å². The third kappa shape index (κ3) is 3.66. The fourth-order valence-electron chi connectivity index (χ4n) is 3.61. The van der Waals surface area contributed by atoms with E-state index in [-0.39, 0.29) is 18.6 Å². The summed E-state index contributed by atoms with van der Waals surface area (Å²) in [5.74, 6) is -1.99. The lowest BCUT2D eigenvalue weighted by Crippen LogP contribution is -2.45. The van der Waals surface area contributed by atoms with Crippen molar-refractivity contribution in [2.45, 2.75) is 31.3 Å². The van der Waals surface area contributed by atoms with E-state index >= 15 is 0 Å². The third-order valence-corrected chi connectivity index (χ3v) is 5.34. The van der Waals surface area contributed by atoms with Gasteiger partial charge >= 0.3 is 11.9 Å². The Morgan fingerprint density at radius 2 is 1.79 bits per heavy atom. The van der Waals surface area contributed by atoms with E-state index in [0.29, 0.717) is 0 Å². The van der Waals surface area contributed by atoms with Gasteiger partial charge in [-0.2, -0.15) is 0 Å². The Hall–Kier alpha value is -3.41. The summed E-state index contributed by atoms with van der Waals surface area (Å²) >= 11 is 0. The standard InChI is InChI=1S/C23H19FO5/c1-15(17-7-6-16-4-2-3-5-18(16)14-17)23(13-12-21(25)27-23)22(26)29-28-20-10-8-19(24)9-11-20/h2-11,14-15H,12-13H2,1H3/t15-,23-/m1/s1. The highest BCUT2D eigenvalue weighted by molar-refractivity contribution is 5.88. The Morgan fingerprint density at radius 3 is 2.48 bits per heavy atom. The number of cyclic esters (lactones) is 1. The minimum atomic E-state index is -1.49. The van der Waals surface area contributed by atoms with Gasteiger partial charge in [0.05, 0.1) is 0 Å². The van der Waals surface area contributed by atoms with Crippen LogP contribution in [0.3, 0.4) is 0 Å². The Kier molecular flexibility index (Phi) is 4.92. The number of carbonyl (C=O) groups excluding carboxylic acids is 2. The van der Waals surface area contributed by atoms with Gasteiger partial charge in [-0.05, 0) is 40.6 Å². The number of hydrogen-bond acceptors (Lipinski definition) is 5. The molecular weight excluding hydrogens is 375 g/mol. The summed E-state index contributed by atoms with van der Waals surface area (Å²) in [5.41, 5.74) is -0.642. The van der Waals surface area contributed by atoms with Gasteiger partial charge in [-0.25, -0.2) is 14.1 Å². The molecule has 1 saturated heterocycles. The molecule has 29 heavy (non-hydrogen) atoms. The van der Waals surface area contributed by atoms with Crippen molar-refractivity contribution in [2.75, 3.05) is 0 Å². The van der Waals surface area contributed by atoms with Crippen molar-refractivity contribution in [2.24, 2.45) is 0 Å². The molecule has 0 bridgehead atoms. The molecule has 5 nitrogen and oxygen atoms in total. The molecule has 3 aromatic rings. The van der Waals surface area contributed by atoms with Crippen LogP contribution in [-0.2, 0) is 19.2 Å². The molecular formula is C23H19FO5. The molecule has 0 amide bonds. The Balaban J connectivity index is 1.60. The van der Waals surface area contributed by atoms with Crippen LogP contribution < -0.4 is 4.89 Å². The number of rotatable bonds is 5. The zero-order chi connectivity index (χ0) is 20.4. The molecule has 2 atom stereocenters. The number of fused-ring (bicyclic) bond motifs is 1. The maximum Gasteiger partial charge on any atom is 0.399 e.